The Morgan fingerprint density at radius 3 is 2.81 bits per heavy atom. The van der Waals surface area contributed by atoms with Crippen LogP contribution in [0.15, 0.2) is 39.9 Å². The first-order valence-corrected chi connectivity index (χ1v) is 9.30. The summed E-state index contributed by atoms with van der Waals surface area (Å²) in [5.41, 5.74) is 3.10. The molecule has 0 saturated heterocycles. The first-order chi connectivity index (χ1) is 10.1. The molecule has 4 nitrogen and oxygen atoms in total. The molecule has 0 fully saturated rings. The fourth-order valence-corrected chi connectivity index (χ4v) is 4.37. The van der Waals surface area contributed by atoms with Gasteiger partial charge in [-0.25, -0.2) is 13.1 Å². The summed E-state index contributed by atoms with van der Waals surface area (Å²) >= 11 is 1.47. The summed E-state index contributed by atoms with van der Waals surface area (Å²) in [5, 5.41) is 13.6. The van der Waals surface area contributed by atoms with Crippen molar-refractivity contribution in [3.63, 3.8) is 0 Å². The van der Waals surface area contributed by atoms with E-state index >= 15 is 0 Å². The Morgan fingerprint density at radius 1 is 1.24 bits per heavy atom. The van der Waals surface area contributed by atoms with Crippen molar-refractivity contribution in [2.75, 3.05) is 6.54 Å². The van der Waals surface area contributed by atoms with E-state index < -0.39 is 16.1 Å². The van der Waals surface area contributed by atoms with Gasteiger partial charge in [-0.1, -0.05) is 6.07 Å². The normalized spacial score (nSPS) is 15.9. The molecule has 1 aromatic heterocycles. The van der Waals surface area contributed by atoms with Crippen molar-refractivity contribution in [1.29, 1.82) is 0 Å². The van der Waals surface area contributed by atoms with E-state index in [1.807, 2.05) is 16.8 Å². The minimum absolute atomic E-state index is 0.0177. The number of hydrogen-bond acceptors (Lipinski definition) is 4. The number of aryl methyl sites for hydroxylation is 2. The Labute approximate surface area is 128 Å². The molecule has 0 saturated carbocycles. The van der Waals surface area contributed by atoms with Gasteiger partial charge in [-0.15, -0.1) is 0 Å². The van der Waals surface area contributed by atoms with E-state index in [2.05, 4.69) is 4.72 Å². The molecule has 112 valence electrons. The van der Waals surface area contributed by atoms with Gasteiger partial charge in [0.15, 0.2) is 0 Å². The molecule has 0 aliphatic heterocycles. The van der Waals surface area contributed by atoms with E-state index in [0.29, 0.717) is 0 Å². The number of aliphatic hydroxyl groups excluding tert-OH is 1. The Hall–Kier alpha value is -1.21. The van der Waals surface area contributed by atoms with Crippen molar-refractivity contribution >= 4 is 21.4 Å². The first-order valence-electron chi connectivity index (χ1n) is 6.88. The zero-order valence-electron chi connectivity index (χ0n) is 11.5. The highest BCUT2D eigenvalue weighted by molar-refractivity contribution is 7.89. The topological polar surface area (TPSA) is 66.4 Å². The van der Waals surface area contributed by atoms with Crippen LogP contribution in [0.5, 0.6) is 0 Å². The SMILES string of the molecule is O=S(=O)(NCC(O)c1ccsc1)c1ccc2c(c1)CCC2. The van der Waals surface area contributed by atoms with Crippen molar-refractivity contribution in [2.45, 2.75) is 30.3 Å². The average molecular weight is 323 g/mol. The number of sulfonamides is 1. The van der Waals surface area contributed by atoms with Crippen LogP contribution >= 0.6 is 11.3 Å². The number of hydrogen-bond donors (Lipinski definition) is 2. The maximum Gasteiger partial charge on any atom is 0.240 e. The molecule has 2 aromatic rings. The van der Waals surface area contributed by atoms with Crippen molar-refractivity contribution in [3.8, 4) is 0 Å². The molecule has 1 aliphatic carbocycles. The number of benzene rings is 1. The lowest BCUT2D eigenvalue weighted by atomic mass is 10.1. The molecular weight excluding hydrogens is 306 g/mol. The van der Waals surface area contributed by atoms with Crippen LogP contribution < -0.4 is 4.72 Å². The van der Waals surface area contributed by atoms with Crippen LogP contribution in [-0.4, -0.2) is 20.1 Å². The third-order valence-electron chi connectivity index (χ3n) is 3.77. The molecule has 1 atom stereocenters. The number of rotatable bonds is 5. The van der Waals surface area contributed by atoms with Crippen LogP contribution in [0.4, 0.5) is 0 Å². The fraction of sp³-hybridized carbons (Fsp3) is 0.333. The summed E-state index contributed by atoms with van der Waals surface area (Å²) in [5.74, 6) is 0. The molecule has 2 N–H and O–H groups in total. The van der Waals surface area contributed by atoms with Crippen molar-refractivity contribution in [1.82, 2.24) is 4.72 Å². The summed E-state index contributed by atoms with van der Waals surface area (Å²) in [7, 11) is -3.57. The van der Waals surface area contributed by atoms with Gasteiger partial charge < -0.3 is 5.11 Å². The maximum atomic E-state index is 12.3. The van der Waals surface area contributed by atoms with Crippen LogP contribution in [0, 0.1) is 0 Å². The van der Waals surface area contributed by atoms with Crippen LogP contribution in [-0.2, 0) is 22.9 Å². The lowest BCUT2D eigenvalue weighted by molar-refractivity contribution is 0.182. The van der Waals surface area contributed by atoms with Gasteiger partial charge in [-0.05, 0) is 64.9 Å². The smallest absolute Gasteiger partial charge is 0.240 e. The second-order valence-electron chi connectivity index (χ2n) is 5.21. The van der Waals surface area contributed by atoms with E-state index in [1.54, 1.807) is 18.2 Å². The van der Waals surface area contributed by atoms with Crippen LogP contribution in [0.1, 0.15) is 29.2 Å². The summed E-state index contributed by atoms with van der Waals surface area (Å²) in [6, 6.07) is 7.08. The van der Waals surface area contributed by atoms with Gasteiger partial charge in [-0.2, -0.15) is 11.3 Å². The van der Waals surface area contributed by atoms with E-state index in [9.17, 15) is 13.5 Å². The summed E-state index contributed by atoms with van der Waals surface area (Å²) < 4.78 is 27.1. The Morgan fingerprint density at radius 2 is 2.05 bits per heavy atom. The minimum atomic E-state index is -3.57. The number of nitrogens with one attached hydrogen (secondary N) is 1. The largest absolute Gasteiger partial charge is 0.387 e. The van der Waals surface area contributed by atoms with Gasteiger partial charge in [0.05, 0.1) is 11.0 Å². The Balaban J connectivity index is 1.72. The molecule has 0 spiro atoms. The summed E-state index contributed by atoms with van der Waals surface area (Å²) in [4.78, 5) is 0.278. The quantitative estimate of drug-likeness (QED) is 0.887. The predicted molar refractivity (Wildman–Crippen MR) is 82.9 cm³/mol. The lowest BCUT2D eigenvalue weighted by Gasteiger charge is -2.12. The van der Waals surface area contributed by atoms with Crippen molar-refractivity contribution in [2.24, 2.45) is 0 Å². The van der Waals surface area contributed by atoms with Gasteiger partial charge in [-0.3, -0.25) is 0 Å². The highest BCUT2D eigenvalue weighted by atomic mass is 32.2. The molecular formula is C15H17NO3S2. The van der Waals surface area contributed by atoms with Gasteiger partial charge in [0, 0.05) is 6.54 Å². The van der Waals surface area contributed by atoms with E-state index in [0.717, 1.165) is 30.4 Å². The number of fused-ring (bicyclic) bond motifs is 1. The molecule has 0 amide bonds. The molecule has 21 heavy (non-hydrogen) atoms. The summed E-state index contributed by atoms with van der Waals surface area (Å²) in [6.45, 7) is -0.0177. The second-order valence-corrected chi connectivity index (χ2v) is 7.76. The lowest BCUT2D eigenvalue weighted by Crippen LogP contribution is -2.28. The zero-order valence-corrected chi connectivity index (χ0v) is 13.1. The highest BCUT2D eigenvalue weighted by Gasteiger charge is 2.19. The third-order valence-corrected chi connectivity index (χ3v) is 5.90. The molecule has 0 bridgehead atoms. The van der Waals surface area contributed by atoms with Gasteiger partial charge in [0.25, 0.3) is 0 Å². The Bertz CT molecular complexity index is 723. The summed E-state index contributed by atoms with van der Waals surface area (Å²) in [6.07, 6.45) is 2.24. The molecule has 1 aliphatic rings. The minimum Gasteiger partial charge on any atom is -0.387 e. The fourth-order valence-electron chi connectivity index (χ4n) is 2.57. The van der Waals surface area contributed by atoms with E-state index in [1.165, 1.54) is 16.9 Å². The van der Waals surface area contributed by atoms with Gasteiger partial charge in [0.1, 0.15) is 0 Å². The number of aliphatic hydroxyl groups is 1. The zero-order chi connectivity index (χ0) is 14.9. The van der Waals surface area contributed by atoms with Crippen molar-refractivity contribution < 1.29 is 13.5 Å². The molecule has 1 aromatic carbocycles. The van der Waals surface area contributed by atoms with Crippen LogP contribution in [0.25, 0.3) is 0 Å². The number of thiophene rings is 1. The van der Waals surface area contributed by atoms with Crippen LogP contribution in [0.2, 0.25) is 0 Å². The highest BCUT2D eigenvalue weighted by Crippen LogP contribution is 2.25. The van der Waals surface area contributed by atoms with E-state index in [-0.39, 0.29) is 11.4 Å². The van der Waals surface area contributed by atoms with Gasteiger partial charge in [0.2, 0.25) is 10.0 Å². The molecule has 6 heteroatoms. The molecule has 3 rings (SSSR count). The molecule has 0 radical (unpaired) electrons. The monoisotopic (exact) mass is 323 g/mol. The third kappa shape index (κ3) is 3.18. The molecule has 1 heterocycles. The standard InChI is InChI=1S/C15H17NO3S2/c17-15(13-6-7-20-10-13)9-16-21(18,19)14-5-4-11-2-1-3-12(11)8-14/h4-8,10,15-17H,1-3,9H2. The van der Waals surface area contributed by atoms with Gasteiger partial charge >= 0.3 is 0 Å². The average Bonchev–Trinajstić information content (AvgIpc) is 3.14. The Kier molecular flexibility index (Phi) is 4.12. The predicted octanol–water partition coefficient (Wildman–Crippen LogP) is 2.25. The maximum absolute atomic E-state index is 12.3. The van der Waals surface area contributed by atoms with E-state index in [4.69, 9.17) is 0 Å². The molecule has 1 unspecified atom stereocenters. The van der Waals surface area contributed by atoms with Crippen LogP contribution in [0.3, 0.4) is 0 Å². The van der Waals surface area contributed by atoms with Crippen molar-refractivity contribution in [3.05, 3.63) is 51.7 Å². The second kappa shape index (κ2) is 5.88. The first kappa shape index (κ1) is 14.7.